The first-order valence-electron chi connectivity index (χ1n) is 10.2. The predicted molar refractivity (Wildman–Crippen MR) is 114 cm³/mol. The Morgan fingerprint density at radius 1 is 1.16 bits per heavy atom. The fourth-order valence-corrected chi connectivity index (χ4v) is 3.28. The molecule has 0 unspecified atom stereocenters. The summed E-state index contributed by atoms with van der Waals surface area (Å²) in [6.45, 7) is 3.61. The van der Waals surface area contributed by atoms with Gasteiger partial charge in [-0.05, 0) is 36.9 Å². The van der Waals surface area contributed by atoms with Gasteiger partial charge in [0.15, 0.2) is 0 Å². The molecule has 0 atom stereocenters. The zero-order chi connectivity index (χ0) is 21.3. The first-order valence-corrected chi connectivity index (χ1v) is 10.2. The van der Waals surface area contributed by atoms with Crippen molar-refractivity contribution in [3.8, 4) is 5.75 Å². The maximum Gasteiger partial charge on any atom is 0.321 e. The van der Waals surface area contributed by atoms with Crippen molar-refractivity contribution in [2.45, 2.75) is 32.3 Å². The first-order chi connectivity index (χ1) is 14.5. The topological polar surface area (TPSA) is 70.7 Å². The van der Waals surface area contributed by atoms with Gasteiger partial charge in [-0.1, -0.05) is 12.1 Å². The molecule has 3 amide bonds. The summed E-state index contributed by atoms with van der Waals surface area (Å²) in [7, 11) is 0. The van der Waals surface area contributed by atoms with Crippen LogP contribution in [0.1, 0.15) is 36.5 Å². The Bertz CT molecular complexity index is 873. The molecule has 2 aromatic carbocycles. The largest absolute Gasteiger partial charge is 0.490 e. The maximum atomic E-state index is 13.3. The van der Waals surface area contributed by atoms with E-state index in [1.807, 2.05) is 13.3 Å². The van der Waals surface area contributed by atoms with Gasteiger partial charge in [-0.2, -0.15) is 13.3 Å². The second kappa shape index (κ2) is 11.2. The first kappa shape index (κ1) is 23.2. The molecule has 1 aliphatic heterocycles. The van der Waals surface area contributed by atoms with Gasteiger partial charge in [-0.25, -0.2) is 9.18 Å². The van der Waals surface area contributed by atoms with E-state index in [4.69, 9.17) is 4.74 Å². The molecular weight excluding hydrogens is 632 g/mol. The van der Waals surface area contributed by atoms with Gasteiger partial charge in [0, 0.05) is 43.2 Å². The summed E-state index contributed by atoms with van der Waals surface area (Å²) in [5.74, 6) is 0.0111. The molecule has 1 fully saturated rings. The van der Waals surface area contributed by atoms with Crippen LogP contribution in [-0.2, 0) is 0 Å². The fraction of sp³-hybridized carbons (Fsp3) is 0.348. The van der Waals surface area contributed by atoms with Crippen LogP contribution in [0.5, 0.6) is 5.75 Å². The Hall–Kier alpha value is -4.09. The molecular formula is C23H27CmFN3O3-. The molecule has 1 aliphatic rings. The number of anilines is 1. The predicted octanol–water partition coefficient (Wildman–Crippen LogP) is 4.25. The van der Waals surface area contributed by atoms with Crippen LogP contribution in [0, 0.1) is 12.2 Å². The van der Waals surface area contributed by atoms with Gasteiger partial charge in [-0.3, -0.25) is 4.79 Å². The van der Waals surface area contributed by atoms with Gasteiger partial charge >= 0.3 is 6.03 Å². The minimum Gasteiger partial charge on any atom is -0.490 e. The van der Waals surface area contributed by atoms with Crippen LogP contribution in [0.3, 0.4) is 0 Å². The van der Waals surface area contributed by atoms with Crippen molar-refractivity contribution in [3.05, 3.63) is 66.3 Å². The summed E-state index contributed by atoms with van der Waals surface area (Å²) < 4.78 is 19.1. The van der Waals surface area contributed by atoms with Crippen molar-refractivity contribution in [2.75, 3.05) is 25.0 Å². The number of carbonyl (C=O) groups is 2. The Morgan fingerprint density at radius 2 is 1.90 bits per heavy atom. The number of piperidine rings is 1. The van der Waals surface area contributed by atoms with E-state index in [1.54, 1.807) is 41.3 Å². The Morgan fingerprint density at radius 3 is 2.61 bits per heavy atom. The summed E-state index contributed by atoms with van der Waals surface area (Å²) in [4.78, 5) is 26.5. The van der Waals surface area contributed by atoms with Crippen LogP contribution >= 0.6 is 0 Å². The minimum atomic E-state index is -0.330. The molecule has 0 saturated carbocycles. The number of hydrogen-bond acceptors (Lipinski definition) is 3. The molecule has 31 heavy (non-hydrogen) atoms. The number of unbranched alkanes of at least 4 members (excludes halogenated alkanes) is 1. The summed E-state index contributed by atoms with van der Waals surface area (Å²) in [6.07, 6.45) is 4.08. The van der Waals surface area contributed by atoms with E-state index in [-0.39, 0.29) is 23.9 Å². The van der Waals surface area contributed by atoms with Crippen molar-refractivity contribution in [2.24, 2.45) is 0 Å². The number of carbonyl (C=O) groups excluding carboxylic acids is 2. The molecule has 6 nitrogen and oxygen atoms in total. The van der Waals surface area contributed by atoms with Crippen molar-refractivity contribution in [1.29, 1.82) is 0 Å². The molecule has 1 heterocycles. The normalized spacial score (nSPS) is 13.8. The molecule has 8 heteroatoms. The molecule has 0 spiro atoms. The Balaban J connectivity index is 0.00000341. The van der Waals surface area contributed by atoms with E-state index in [2.05, 4.69) is 10.6 Å². The number of amides is 3. The van der Waals surface area contributed by atoms with Gasteiger partial charge in [0.1, 0.15) is 17.7 Å². The van der Waals surface area contributed by atoms with Crippen LogP contribution in [0.15, 0.2) is 48.5 Å². The second-order valence-corrected chi connectivity index (χ2v) is 7.23. The zero-order valence-corrected chi connectivity index (χ0v) is 20.4. The molecule has 2 N–H and O–H groups in total. The van der Waals surface area contributed by atoms with Crippen LogP contribution in [0.4, 0.5) is 14.9 Å². The average molecular weight is 659 g/mol. The van der Waals surface area contributed by atoms with E-state index < -0.39 is 0 Å². The third-order valence-electron chi connectivity index (χ3n) is 4.92. The number of urea groups is 1. The maximum absolute atomic E-state index is 13.3. The van der Waals surface area contributed by atoms with E-state index in [1.165, 1.54) is 12.1 Å². The molecule has 0 bridgehead atoms. The van der Waals surface area contributed by atoms with Gasteiger partial charge in [0.05, 0.1) is 0 Å². The number of nitrogens with one attached hydrogen (secondary N) is 2. The quantitative estimate of drug-likeness (QED) is 0.346. The second-order valence-electron chi connectivity index (χ2n) is 7.23. The number of likely N-dealkylation sites (tertiary alicyclic amines) is 1. The molecule has 0 aliphatic carbocycles. The molecule has 0 radical (unpaired) electrons. The van der Waals surface area contributed by atoms with Gasteiger partial charge < -0.3 is 26.7 Å². The smallest absolute Gasteiger partial charge is 0.321 e. The number of rotatable bonds is 7. The Kier molecular flexibility index (Phi) is 8.37. The zero-order valence-electron chi connectivity index (χ0n) is 17.4. The van der Waals surface area contributed by atoms with Crippen LogP contribution in [-0.4, -0.2) is 42.6 Å². The number of benzene rings is 2. The molecule has 0 aromatic heterocycles. The third-order valence-corrected chi connectivity index (χ3v) is 4.92. The van der Waals surface area contributed by atoms with E-state index in [9.17, 15) is 14.0 Å². The van der Waals surface area contributed by atoms with Gasteiger partial charge in [-0.15, -0.1) is 0 Å². The number of ether oxygens (including phenoxy) is 1. The Labute approximate surface area is 176 Å². The van der Waals surface area contributed by atoms with Crippen molar-refractivity contribution >= 4 is 17.6 Å². The SMILES string of the molecule is C[CH-]CCNC(=O)c1cccc(NC(=O)N2CCC(Oc3cccc(F)c3)CC2)c1.[Cm]. The number of halogens is 1. The number of hydrogen-bond donors (Lipinski definition) is 2. The van der Waals surface area contributed by atoms with Crippen molar-refractivity contribution < 1.29 is 18.7 Å². The van der Waals surface area contributed by atoms with Crippen LogP contribution < -0.4 is 15.4 Å². The summed E-state index contributed by atoms with van der Waals surface area (Å²) in [5, 5.41) is 5.70. The van der Waals surface area contributed by atoms with E-state index in [0.717, 1.165) is 6.42 Å². The van der Waals surface area contributed by atoms with Crippen molar-refractivity contribution in [1.82, 2.24) is 10.2 Å². The van der Waals surface area contributed by atoms with Crippen molar-refractivity contribution in [3.63, 3.8) is 0 Å². The molecule has 2 aromatic rings. The minimum absolute atomic E-state index is 0. The fourth-order valence-electron chi connectivity index (χ4n) is 3.28. The van der Waals surface area contributed by atoms with Gasteiger partial charge in [0.25, 0.3) is 5.91 Å². The number of nitrogens with zero attached hydrogens (tertiary/aromatic N) is 1. The standard InChI is InChI=1S/C23H27FN3O3.Cm/c1-2-3-12-25-22(28)17-6-4-8-19(15-17)26-23(29)27-13-10-20(11-14-27)30-21-9-5-7-18(24)16-21;/h2,4-9,15-16,20H,3,10-14H2,1H3,(H,25,28)(H,26,29);/q-1;. The molecule has 3 rings (SSSR count). The molecule has 1 saturated heterocycles. The monoisotopic (exact) mass is 655 g/mol. The molecule has 168 valence electrons. The van der Waals surface area contributed by atoms with Crippen LogP contribution in [0.25, 0.3) is 0 Å². The van der Waals surface area contributed by atoms with E-state index in [0.29, 0.717) is 49.5 Å². The van der Waals surface area contributed by atoms with Gasteiger partial charge in [0.2, 0.25) is 0 Å². The van der Waals surface area contributed by atoms with Crippen LogP contribution in [0.2, 0.25) is 0 Å². The average Bonchev–Trinajstić information content (AvgIpc) is 2.74. The van der Waals surface area contributed by atoms with E-state index >= 15 is 0 Å². The summed E-state index contributed by atoms with van der Waals surface area (Å²) in [6, 6.07) is 12.8. The summed E-state index contributed by atoms with van der Waals surface area (Å²) in [5.41, 5.74) is 1.08. The third kappa shape index (κ3) is 6.73. The summed E-state index contributed by atoms with van der Waals surface area (Å²) >= 11 is 0.